The lowest BCUT2D eigenvalue weighted by molar-refractivity contribution is 0.0617. The number of guanidine groups is 1. The standard InChI is InChI=1S/C23H30N6O.HI/c1-5-24-22(27-16-23(4,30)20-9-7-6-8-10-20)26-15-19-11-12-21(25-14-19)29-18(3)13-17(2)28-29;/h6-14,30H,5,15-16H2,1-4H3,(H2,24,26,27);1H. The fourth-order valence-electron chi connectivity index (χ4n) is 3.16. The minimum absolute atomic E-state index is 0. The van der Waals surface area contributed by atoms with Gasteiger partial charge >= 0.3 is 0 Å². The molecule has 31 heavy (non-hydrogen) atoms. The Balaban J connectivity index is 0.00000341. The third-order valence-corrected chi connectivity index (χ3v) is 4.80. The average Bonchev–Trinajstić information content (AvgIpc) is 3.09. The van der Waals surface area contributed by atoms with Gasteiger partial charge in [-0.1, -0.05) is 36.4 Å². The Morgan fingerprint density at radius 2 is 1.87 bits per heavy atom. The summed E-state index contributed by atoms with van der Waals surface area (Å²) in [6, 6.07) is 15.6. The van der Waals surface area contributed by atoms with Crippen LogP contribution in [0.3, 0.4) is 0 Å². The predicted molar refractivity (Wildman–Crippen MR) is 135 cm³/mol. The van der Waals surface area contributed by atoms with Crippen LogP contribution in [0.2, 0.25) is 0 Å². The summed E-state index contributed by atoms with van der Waals surface area (Å²) in [5.74, 6) is 1.44. The van der Waals surface area contributed by atoms with Gasteiger partial charge in [-0.25, -0.2) is 14.7 Å². The molecule has 0 aliphatic rings. The monoisotopic (exact) mass is 534 g/mol. The van der Waals surface area contributed by atoms with Crippen LogP contribution >= 0.6 is 24.0 Å². The second-order valence-electron chi connectivity index (χ2n) is 7.55. The minimum Gasteiger partial charge on any atom is -0.384 e. The van der Waals surface area contributed by atoms with Crippen molar-refractivity contribution >= 4 is 29.9 Å². The van der Waals surface area contributed by atoms with Crippen LogP contribution in [0.25, 0.3) is 5.82 Å². The first-order valence-corrected chi connectivity index (χ1v) is 10.2. The molecule has 2 heterocycles. The SMILES string of the molecule is CCNC(=NCc1ccc(-n2nc(C)cc2C)nc1)NCC(C)(O)c1ccccc1.I. The quantitative estimate of drug-likeness (QED) is 0.246. The smallest absolute Gasteiger partial charge is 0.191 e. The molecular weight excluding hydrogens is 503 g/mol. The van der Waals surface area contributed by atoms with Crippen molar-refractivity contribution in [2.24, 2.45) is 4.99 Å². The summed E-state index contributed by atoms with van der Waals surface area (Å²) >= 11 is 0. The van der Waals surface area contributed by atoms with E-state index >= 15 is 0 Å². The lowest BCUT2D eigenvalue weighted by Gasteiger charge is -2.25. The van der Waals surface area contributed by atoms with Crippen LogP contribution in [-0.4, -0.2) is 38.9 Å². The number of pyridine rings is 1. The van der Waals surface area contributed by atoms with Gasteiger partial charge in [0.15, 0.2) is 11.8 Å². The van der Waals surface area contributed by atoms with E-state index in [9.17, 15) is 5.11 Å². The number of aryl methyl sites for hydroxylation is 2. The minimum atomic E-state index is -1.000. The molecule has 0 bridgehead atoms. The number of aliphatic imine (C=N–C) groups is 1. The van der Waals surface area contributed by atoms with E-state index in [-0.39, 0.29) is 24.0 Å². The number of nitrogens with one attached hydrogen (secondary N) is 2. The summed E-state index contributed by atoms with van der Waals surface area (Å²) in [4.78, 5) is 9.15. The molecule has 1 aromatic carbocycles. The largest absolute Gasteiger partial charge is 0.384 e. The second-order valence-corrected chi connectivity index (χ2v) is 7.55. The predicted octanol–water partition coefficient (Wildman–Crippen LogP) is 3.46. The summed E-state index contributed by atoms with van der Waals surface area (Å²) in [5.41, 5.74) is 2.87. The van der Waals surface area contributed by atoms with E-state index in [1.165, 1.54) is 0 Å². The van der Waals surface area contributed by atoms with Gasteiger partial charge in [0, 0.05) is 18.4 Å². The molecule has 3 rings (SSSR count). The van der Waals surface area contributed by atoms with E-state index in [4.69, 9.17) is 0 Å². The summed E-state index contributed by atoms with van der Waals surface area (Å²) in [6.45, 7) is 9.34. The number of aromatic nitrogens is 3. The summed E-state index contributed by atoms with van der Waals surface area (Å²) in [5, 5.41) is 21.7. The van der Waals surface area contributed by atoms with E-state index in [1.54, 1.807) is 6.92 Å². The fraction of sp³-hybridized carbons (Fsp3) is 0.348. The third kappa shape index (κ3) is 6.76. The van der Waals surface area contributed by atoms with Crippen molar-refractivity contribution < 1.29 is 5.11 Å². The summed E-state index contributed by atoms with van der Waals surface area (Å²) in [6.07, 6.45) is 1.82. The molecule has 166 valence electrons. The third-order valence-electron chi connectivity index (χ3n) is 4.80. The van der Waals surface area contributed by atoms with Crippen LogP contribution in [0, 0.1) is 13.8 Å². The number of hydrogen-bond acceptors (Lipinski definition) is 4. The molecule has 0 spiro atoms. The highest BCUT2D eigenvalue weighted by Gasteiger charge is 2.22. The van der Waals surface area contributed by atoms with Gasteiger partial charge in [0.2, 0.25) is 0 Å². The lowest BCUT2D eigenvalue weighted by Crippen LogP contribution is -2.44. The van der Waals surface area contributed by atoms with E-state index in [0.717, 1.165) is 34.9 Å². The van der Waals surface area contributed by atoms with Gasteiger partial charge in [-0.05, 0) is 51.0 Å². The summed E-state index contributed by atoms with van der Waals surface area (Å²) in [7, 11) is 0. The zero-order valence-electron chi connectivity index (χ0n) is 18.5. The maximum Gasteiger partial charge on any atom is 0.191 e. The van der Waals surface area contributed by atoms with Gasteiger partial charge in [0.25, 0.3) is 0 Å². The Bertz CT molecular complexity index is 983. The number of halogens is 1. The molecule has 0 fully saturated rings. The molecule has 3 aromatic rings. The highest BCUT2D eigenvalue weighted by atomic mass is 127. The molecule has 1 atom stereocenters. The molecule has 1 unspecified atom stereocenters. The average molecular weight is 534 g/mol. The molecule has 0 saturated carbocycles. The molecule has 3 N–H and O–H groups in total. The Kier molecular flexibility index (Phi) is 9.00. The number of benzene rings is 1. The van der Waals surface area contributed by atoms with Gasteiger partial charge in [0.05, 0.1) is 18.8 Å². The van der Waals surface area contributed by atoms with E-state index < -0.39 is 5.60 Å². The molecule has 0 aliphatic heterocycles. The molecule has 2 aromatic heterocycles. The van der Waals surface area contributed by atoms with Gasteiger partial charge in [-0.3, -0.25) is 0 Å². The number of nitrogens with zero attached hydrogens (tertiary/aromatic N) is 4. The zero-order valence-corrected chi connectivity index (χ0v) is 20.8. The topological polar surface area (TPSA) is 87.4 Å². The molecule has 0 radical (unpaired) electrons. The van der Waals surface area contributed by atoms with Crippen molar-refractivity contribution in [1.82, 2.24) is 25.4 Å². The Labute approximate surface area is 201 Å². The van der Waals surface area contributed by atoms with Gasteiger partial charge in [-0.2, -0.15) is 5.10 Å². The second kappa shape index (κ2) is 11.2. The molecule has 7 nitrogen and oxygen atoms in total. The van der Waals surface area contributed by atoms with E-state index in [2.05, 4.69) is 25.7 Å². The molecular formula is C23H31IN6O. The maximum atomic E-state index is 10.8. The summed E-state index contributed by atoms with van der Waals surface area (Å²) < 4.78 is 1.83. The van der Waals surface area contributed by atoms with E-state index in [0.29, 0.717) is 19.0 Å². The fourth-order valence-corrected chi connectivity index (χ4v) is 3.16. The van der Waals surface area contributed by atoms with Crippen LogP contribution in [0.4, 0.5) is 0 Å². The molecule has 0 amide bonds. The highest BCUT2D eigenvalue weighted by Crippen LogP contribution is 2.18. The number of hydrogen-bond donors (Lipinski definition) is 3. The molecule has 0 saturated heterocycles. The first-order chi connectivity index (χ1) is 14.4. The molecule has 0 aliphatic carbocycles. The Hall–Kier alpha value is -2.46. The van der Waals surface area contributed by atoms with Gasteiger partial charge in [-0.15, -0.1) is 24.0 Å². The first-order valence-electron chi connectivity index (χ1n) is 10.2. The molecule has 8 heteroatoms. The van der Waals surface area contributed by atoms with Crippen LogP contribution < -0.4 is 10.6 Å². The van der Waals surface area contributed by atoms with Crippen LogP contribution in [0.5, 0.6) is 0 Å². The zero-order chi connectivity index (χ0) is 21.6. The van der Waals surface area contributed by atoms with Crippen molar-refractivity contribution in [2.45, 2.75) is 39.8 Å². The van der Waals surface area contributed by atoms with Crippen molar-refractivity contribution in [3.63, 3.8) is 0 Å². The van der Waals surface area contributed by atoms with E-state index in [1.807, 2.05) is 80.2 Å². The number of rotatable bonds is 7. The Morgan fingerprint density at radius 3 is 2.45 bits per heavy atom. The first kappa shape index (κ1) is 24.8. The maximum absolute atomic E-state index is 10.8. The van der Waals surface area contributed by atoms with Crippen molar-refractivity contribution in [3.8, 4) is 5.82 Å². The van der Waals surface area contributed by atoms with Crippen molar-refractivity contribution in [3.05, 3.63) is 77.2 Å². The van der Waals surface area contributed by atoms with Crippen LogP contribution in [0.1, 0.15) is 36.4 Å². The number of aliphatic hydroxyl groups is 1. The normalized spacial score (nSPS) is 13.3. The van der Waals surface area contributed by atoms with Gasteiger partial charge in [0.1, 0.15) is 5.60 Å². The Morgan fingerprint density at radius 1 is 1.13 bits per heavy atom. The van der Waals surface area contributed by atoms with Crippen molar-refractivity contribution in [2.75, 3.05) is 13.1 Å². The van der Waals surface area contributed by atoms with Crippen LogP contribution in [-0.2, 0) is 12.1 Å². The lowest BCUT2D eigenvalue weighted by atomic mass is 9.96. The van der Waals surface area contributed by atoms with Crippen LogP contribution in [0.15, 0.2) is 59.7 Å². The van der Waals surface area contributed by atoms with Gasteiger partial charge < -0.3 is 15.7 Å². The highest BCUT2D eigenvalue weighted by molar-refractivity contribution is 14.0. The van der Waals surface area contributed by atoms with Crippen molar-refractivity contribution in [1.29, 1.82) is 0 Å².